The first-order valence-corrected chi connectivity index (χ1v) is 6.33. The fourth-order valence-corrected chi connectivity index (χ4v) is 2.01. The Bertz CT molecular complexity index is 660. The number of ether oxygens (including phenoxy) is 1. The van der Waals surface area contributed by atoms with Gasteiger partial charge in [0.25, 0.3) is 0 Å². The van der Waals surface area contributed by atoms with Crippen molar-refractivity contribution in [2.24, 2.45) is 0 Å². The third-order valence-electron chi connectivity index (χ3n) is 3.17. The molecule has 0 saturated carbocycles. The predicted octanol–water partition coefficient (Wildman–Crippen LogP) is 2.64. The van der Waals surface area contributed by atoms with Gasteiger partial charge in [-0.25, -0.2) is 0 Å². The second kappa shape index (κ2) is 6.18. The van der Waals surface area contributed by atoms with E-state index in [1.165, 1.54) is 0 Å². The first-order chi connectivity index (χ1) is 9.65. The summed E-state index contributed by atoms with van der Waals surface area (Å²) in [5, 5.41) is 18.1. The largest absolute Gasteiger partial charge is 0.487 e. The number of pyridine rings is 1. The Morgan fingerprint density at radius 3 is 2.85 bits per heavy atom. The van der Waals surface area contributed by atoms with Crippen molar-refractivity contribution in [2.45, 2.75) is 27.1 Å². The third-order valence-corrected chi connectivity index (χ3v) is 3.17. The number of hydrogen-bond acceptors (Lipinski definition) is 4. The maximum atomic E-state index is 9.26. The highest BCUT2D eigenvalue weighted by atomic mass is 16.5. The van der Waals surface area contributed by atoms with Crippen molar-refractivity contribution >= 4 is 0 Å². The van der Waals surface area contributed by atoms with E-state index in [0.29, 0.717) is 17.9 Å². The molecule has 1 aromatic heterocycles. The molecule has 1 N–H and O–H groups in total. The minimum absolute atomic E-state index is 0.0562. The second-order valence-electron chi connectivity index (χ2n) is 4.58. The molecule has 0 spiro atoms. The van der Waals surface area contributed by atoms with Gasteiger partial charge in [-0.1, -0.05) is 12.1 Å². The molecule has 0 fully saturated rings. The van der Waals surface area contributed by atoms with Crippen LogP contribution in [0.3, 0.4) is 0 Å². The molecule has 2 aromatic rings. The summed E-state index contributed by atoms with van der Waals surface area (Å²) in [5.74, 6) is 0.693. The minimum atomic E-state index is -0.0562. The predicted molar refractivity (Wildman–Crippen MR) is 75.1 cm³/mol. The van der Waals surface area contributed by atoms with Gasteiger partial charge in [-0.3, -0.25) is 4.98 Å². The normalized spacial score (nSPS) is 10.1. The van der Waals surface area contributed by atoms with Gasteiger partial charge in [-0.05, 0) is 37.1 Å². The van der Waals surface area contributed by atoms with Crippen LogP contribution < -0.4 is 4.74 Å². The molecule has 0 saturated heterocycles. The van der Waals surface area contributed by atoms with Crippen LogP contribution in [-0.4, -0.2) is 10.1 Å². The Morgan fingerprint density at radius 2 is 2.15 bits per heavy atom. The SMILES string of the molecule is Cc1ncc(CO)c(C)c1OCc1cccc(C#N)c1. The van der Waals surface area contributed by atoms with E-state index in [1.54, 1.807) is 18.3 Å². The second-order valence-corrected chi connectivity index (χ2v) is 4.58. The molecule has 0 bridgehead atoms. The first-order valence-electron chi connectivity index (χ1n) is 6.33. The van der Waals surface area contributed by atoms with Crippen LogP contribution in [0.15, 0.2) is 30.5 Å². The number of aliphatic hydroxyl groups is 1. The van der Waals surface area contributed by atoms with Crippen LogP contribution in [-0.2, 0) is 13.2 Å². The molecule has 2 rings (SSSR count). The van der Waals surface area contributed by atoms with E-state index in [1.807, 2.05) is 26.0 Å². The summed E-state index contributed by atoms with van der Waals surface area (Å²) in [6.45, 7) is 4.09. The van der Waals surface area contributed by atoms with E-state index in [9.17, 15) is 5.11 Å². The number of aliphatic hydroxyl groups excluding tert-OH is 1. The van der Waals surface area contributed by atoms with Crippen molar-refractivity contribution in [3.63, 3.8) is 0 Å². The van der Waals surface area contributed by atoms with Gasteiger partial charge >= 0.3 is 0 Å². The van der Waals surface area contributed by atoms with E-state index in [-0.39, 0.29) is 6.61 Å². The van der Waals surface area contributed by atoms with Crippen LogP contribution in [0.25, 0.3) is 0 Å². The molecule has 0 aliphatic heterocycles. The lowest BCUT2D eigenvalue weighted by Crippen LogP contribution is -2.03. The number of benzene rings is 1. The quantitative estimate of drug-likeness (QED) is 0.925. The number of aromatic nitrogens is 1. The summed E-state index contributed by atoms with van der Waals surface area (Å²) < 4.78 is 5.81. The molecule has 0 atom stereocenters. The average molecular weight is 268 g/mol. The zero-order valence-corrected chi connectivity index (χ0v) is 11.6. The third kappa shape index (κ3) is 2.95. The highest BCUT2D eigenvalue weighted by molar-refractivity contribution is 5.41. The van der Waals surface area contributed by atoms with Crippen molar-refractivity contribution in [2.75, 3.05) is 0 Å². The van der Waals surface area contributed by atoms with Crippen molar-refractivity contribution in [3.8, 4) is 11.8 Å². The molecule has 0 unspecified atom stereocenters. The van der Waals surface area contributed by atoms with Crippen molar-refractivity contribution < 1.29 is 9.84 Å². The number of rotatable bonds is 4. The van der Waals surface area contributed by atoms with Gasteiger partial charge in [0.05, 0.1) is 23.9 Å². The Morgan fingerprint density at radius 1 is 1.35 bits per heavy atom. The molecule has 1 aromatic carbocycles. The van der Waals surface area contributed by atoms with Crippen LogP contribution in [0.2, 0.25) is 0 Å². The molecule has 102 valence electrons. The maximum Gasteiger partial charge on any atom is 0.144 e. The van der Waals surface area contributed by atoms with Crippen molar-refractivity contribution in [1.82, 2.24) is 4.98 Å². The van der Waals surface area contributed by atoms with Gasteiger partial charge < -0.3 is 9.84 Å². The molecule has 0 radical (unpaired) electrons. The van der Waals surface area contributed by atoms with E-state index in [2.05, 4.69) is 11.1 Å². The molecule has 0 aliphatic carbocycles. The smallest absolute Gasteiger partial charge is 0.144 e. The summed E-state index contributed by atoms with van der Waals surface area (Å²) in [7, 11) is 0. The van der Waals surface area contributed by atoms with Gasteiger partial charge in [0, 0.05) is 11.8 Å². The van der Waals surface area contributed by atoms with E-state index in [0.717, 1.165) is 22.4 Å². The van der Waals surface area contributed by atoms with Gasteiger partial charge in [0.1, 0.15) is 12.4 Å². The molecular weight excluding hydrogens is 252 g/mol. The zero-order valence-electron chi connectivity index (χ0n) is 11.6. The van der Waals surface area contributed by atoms with Gasteiger partial charge in [0.15, 0.2) is 0 Å². The fraction of sp³-hybridized carbons (Fsp3) is 0.250. The van der Waals surface area contributed by atoms with Gasteiger partial charge in [-0.15, -0.1) is 0 Å². The highest BCUT2D eigenvalue weighted by Crippen LogP contribution is 2.25. The lowest BCUT2D eigenvalue weighted by molar-refractivity contribution is 0.274. The number of nitrogens with zero attached hydrogens (tertiary/aromatic N) is 2. The molecule has 4 nitrogen and oxygen atoms in total. The van der Waals surface area contributed by atoms with E-state index < -0.39 is 0 Å². The monoisotopic (exact) mass is 268 g/mol. The molecule has 0 amide bonds. The van der Waals surface area contributed by atoms with Crippen LogP contribution in [0, 0.1) is 25.2 Å². The van der Waals surface area contributed by atoms with Crippen molar-refractivity contribution in [1.29, 1.82) is 5.26 Å². The standard InChI is InChI=1S/C16H16N2O2/c1-11-15(9-19)8-18-12(2)16(11)20-10-14-5-3-4-13(6-14)7-17/h3-6,8,19H,9-10H2,1-2H3. The Hall–Kier alpha value is -2.38. The van der Waals surface area contributed by atoms with Crippen LogP contribution in [0.5, 0.6) is 5.75 Å². The van der Waals surface area contributed by atoms with Crippen LogP contribution in [0.4, 0.5) is 0 Å². The van der Waals surface area contributed by atoms with E-state index >= 15 is 0 Å². The Kier molecular flexibility index (Phi) is 4.34. The van der Waals surface area contributed by atoms with Crippen molar-refractivity contribution in [3.05, 3.63) is 58.4 Å². The average Bonchev–Trinajstić information content (AvgIpc) is 2.47. The summed E-state index contributed by atoms with van der Waals surface area (Å²) in [6, 6.07) is 9.41. The Labute approximate surface area is 118 Å². The topological polar surface area (TPSA) is 66.1 Å². The molecule has 20 heavy (non-hydrogen) atoms. The lowest BCUT2D eigenvalue weighted by Gasteiger charge is -2.14. The lowest BCUT2D eigenvalue weighted by atomic mass is 10.1. The fourth-order valence-electron chi connectivity index (χ4n) is 2.01. The van der Waals surface area contributed by atoms with Crippen LogP contribution >= 0.6 is 0 Å². The number of nitriles is 1. The summed E-state index contributed by atoms with van der Waals surface area (Å²) in [4.78, 5) is 4.22. The van der Waals surface area contributed by atoms with Gasteiger partial charge in [-0.2, -0.15) is 5.26 Å². The number of hydrogen-bond donors (Lipinski definition) is 1. The minimum Gasteiger partial charge on any atom is -0.487 e. The maximum absolute atomic E-state index is 9.26. The van der Waals surface area contributed by atoms with Gasteiger partial charge in [0.2, 0.25) is 0 Å². The molecule has 4 heteroatoms. The first kappa shape index (κ1) is 14.0. The summed E-state index contributed by atoms with van der Waals surface area (Å²) in [6.07, 6.45) is 1.66. The zero-order chi connectivity index (χ0) is 14.5. The summed E-state index contributed by atoms with van der Waals surface area (Å²) >= 11 is 0. The summed E-state index contributed by atoms with van der Waals surface area (Å²) in [5.41, 5.74) is 3.99. The van der Waals surface area contributed by atoms with E-state index in [4.69, 9.17) is 10.00 Å². The molecule has 0 aliphatic rings. The highest BCUT2D eigenvalue weighted by Gasteiger charge is 2.10. The van der Waals surface area contributed by atoms with Crippen LogP contribution in [0.1, 0.15) is 27.9 Å². The number of aryl methyl sites for hydroxylation is 1. The Balaban J connectivity index is 2.20. The molecular formula is C16H16N2O2. The molecule has 1 heterocycles.